The van der Waals surface area contributed by atoms with E-state index in [1.807, 2.05) is 32.9 Å². The average molecular weight is 272 g/mol. The molecule has 1 N–H and O–H groups in total. The van der Waals surface area contributed by atoms with E-state index in [2.05, 4.69) is 5.32 Å². The van der Waals surface area contributed by atoms with Crippen LogP contribution in [0.15, 0.2) is 22.6 Å². The normalized spacial score (nSPS) is 12.0. The first-order valence-electron chi connectivity index (χ1n) is 6.46. The number of benzene rings is 1. The summed E-state index contributed by atoms with van der Waals surface area (Å²) in [4.78, 5) is 0. The van der Waals surface area contributed by atoms with Gasteiger partial charge in [0.2, 0.25) is 0 Å². The van der Waals surface area contributed by atoms with E-state index < -0.39 is 0 Å². The standard InChI is InChI=1S/C16H17FN2O/c1-9-5-14(12(4)20-9)11(3)19-16-7-13(8-18)6-15(17)10(16)2/h5-7,11,19H,1-4H3. The van der Waals surface area contributed by atoms with E-state index in [0.29, 0.717) is 16.8 Å². The fourth-order valence-corrected chi connectivity index (χ4v) is 2.28. The molecule has 2 aromatic rings. The van der Waals surface area contributed by atoms with E-state index in [1.54, 1.807) is 13.0 Å². The van der Waals surface area contributed by atoms with Crippen LogP contribution < -0.4 is 5.32 Å². The van der Waals surface area contributed by atoms with Gasteiger partial charge in [0.1, 0.15) is 17.3 Å². The summed E-state index contributed by atoms with van der Waals surface area (Å²) in [6, 6.07) is 6.81. The molecular formula is C16H17FN2O. The number of nitrogens with one attached hydrogen (secondary N) is 1. The first kappa shape index (κ1) is 14.1. The summed E-state index contributed by atoms with van der Waals surface area (Å²) in [7, 11) is 0. The van der Waals surface area contributed by atoms with Crippen LogP contribution in [0.3, 0.4) is 0 Å². The van der Waals surface area contributed by atoms with Crippen molar-refractivity contribution in [2.75, 3.05) is 5.32 Å². The van der Waals surface area contributed by atoms with Crippen LogP contribution in [0.25, 0.3) is 0 Å². The van der Waals surface area contributed by atoms with Gasteiger partial charge in [0.05, 0.1) is 17.7 Å². The van der Waals surface area contributed by atoms with Gasteiger partial charge in [-0.15, -0.1) is 0 Å². The molecule has 1 atom stereocenters. The van der Waals surface area contributed by atoms with Crippen molar-refractivity contribution in [2.45, 2.75) is 33.7 Å². The second-order valence-corrected chi connectivity index (χ2v) is 4.98. The Kier molecular flexibility index (Phi) is 3.80. The third-order valence-corrected chi connectivity index (χ3v) is 3.39. The summed E-state index contributed by atoms with van der Waals surface area (Å²) >= 11 is 0. The Bertz CT molecular complexity index is 683. The van der Waals surface area contributed by atoms with Crippen molar-refractivity contribution in [2.24, 2.45) is 0 Å². The number of furan rings is 1. The molecular weight excluding hydrogens is 255 g/mol. The number of rotatable bonds is 3. The molecule has 104 valence electrons. The first-order chi connectivity index (χ1) is 9.42. The molecule has 0 aliphatic heterocycles. The number of nitriles is 1. The maximum Gasteiger partial charge on any atom is 0.129 e. The minimum atomic E-state index is -0.376. The molecule has 1 aromatic heterocycles. The van der Waals surface area contributed by atoms with Gasteiger partial charge >= 0.3 is 0 Å². The van der Waals surface area contributed by atoms with Crippen molar-refractivity contribution in [1.29, 1.82) is 5.26 Å². The third-order valence-electron chi connectivity index (χ3n) is 3.39. The lowest BCUT2D eigenvalue weighted by molar-refractivity contribution is 0.500. The smallest absolute Gasteiger partial charge is 0.129 e. The summed E-state index contributed by atoms with van der Waals surface area (Å²) in [5.74, 6) is 1.32. The Morgan fingerprint density at radius 1 is 1.25 bits per heavy atom. The molecule has 0 radical (unpaired) electrons. The molecule has 0 saturated heterocycles. The predicted molar refractivity (Wildman–Crippen MR) is 76.1 cm³/mol. The Hall–Kier alpha value is -2.28. The topological polar surface area (TPSA) is 49.0 Å². The SMILES string of the molecule is Cc1cc(C(C)Nc2cc(C#N)cc(F)c2C)c(C)o1. The van der Waals surface area contributed by atoms with Crippen LogP contribution >= 0.6 is 0 Å². The molecule has 1 heterocycles. The molecule has 0 spiro atoms. The summed E-state index contributed by atoms with van der Waals surface area (Å²) in [6.45, 7) is 7.47. The van der Waals surface area contributed by atoms with Gasteiger partial charge in [-0.25, -0.2) is 4.39 Å². The molecule has 0 saturated carbocycles. The lowest BCUT2D eigenvalue weighted by Crippen LogP contribution is -2.09. The monoisotopic (exact) mass is 272 g/mol. The Balaban J connectivity index is 2.33. The van der Waals surface area contributed by atoms with Crippen molar-refractivity contribution >= 4 is 5.69 Å². The van der Waals surface area contributed by atoms with Gasteiger partial charge < -0.3 is 9.73 Å². The van der Waals surface area contributed by atoms with Crippen molar-refractivity contribution in [3.63, 3.8) is 0 Å². The van der Waals surface area contributed by atoms with Gasteiger partial charge in [-0.05, 0) is 45.9 Å². The average Bonchev–Trinajstić information content (AvgIpc) is 2.73. The summed E-state index contributed by atoms with van der Waals surface area (Å²) in [5, 5.41) is 12.2. The maximum absolute atomic E-state index is 13.8. The molecule has 0 bridgehead atoms. The Morgan fingerprint density at radius 3 is 2.50 bits per heavy atom. The molecule has 0 aliphatic carbocycles. The molecule has 1 aromatic carbocycles. The Labute approximate surface area is 118 Å². The number of anilines is 1. The molecule has 0 amide bonds. The maximum atomic E-state index is 13.8. The van der Waals surface area contributed by atoms with Crippen LogP contribution in [0.5, 0.6) is 0 Å². The van der Waals surface area contributed by atoms with E-state index >= 15 is 0 Å². The van der Waals surface area contributed by atoms with Gasteiger partial charge in [-0.2, -0.15) is 5.26 Å². The second kappa shape index (κ2) is 5.38. The molecule has 20 heavy (non-hydrogen) atoms. The van der Waals surface area contributed by atoms with Crippen molar-refractivity contribution < 1.29 is 8.81 Å². The molecule has 0 fully saturated rings. The zero-order valence-corrected chi connectivity index (χ0v) is 12.0. The highest BCUT2D eigenvalue weighted by Crippen LogP contribution is 2.28. The van der Waals surface area contributed by atoms with Crippen LogP contribution in [-0.2, 0) is 0 Å². The van der Waals surface area contributed by atoms with Crippen LogP contribution in [0.2, 0.25) is 0 Å². The first-order valence-corrected chi connectivity index (χ1v) is 6.46. The summed E-state index contributed by atoms with van der Waals surface area (Å²) in [5.41, 5.74) is 2.48. The van der Waals surface area contributed by atoms with Crippen molar-refractivity contribution in [3.05, 3.63) is 52.2 Å². The quantitative estimate of drug-likeness (QED) is 0.901. The molecule has 4 heteroatoms. The zero-order valence-electron chi connectivity index (χ0n) is 12.0. The van der Waals surface area contributed by atoms with E-state index in [1.165, 1.54) is 6.07 Å². The fraction of sp³-hybridized carbons (Fsp3) is 0.312. The third kappa shape index (κ3) is 2.67. The van der Waals surface area contributed by atoms with E-state index in [-0.39, 0.29) is 11.9 Å². The lowest BCUT2D eigenvalue weighted by Gasteiger charge is -2.17. The van der Waals surface area contributed by atoms with E-state index in [4.69, 9.17) is 9.68 Å². The highest BCUT2D eigenvalue weighted by molar-refractivity contribution is 5.57. The van der Waals surface area contributed by atoms with E-state index in [0.717, 1.165) is 17.1 Å². The van der Waals surface area contributed by atoms with E-state index in [9.17, 15) is 4.39 Å². The molecule has 1 unspecified atom stereocenters. The van der Waals surface area contributed by atoms with Crippen LogP contribution in [0, 0.1) is 37.9 Å². The number of hydrogen-bond acceptors (Lipinski definition) is 3. The highest BCUT2D eigenvalue weighted by Gasteiger charge is 2.15. The molecule has 0 aliphatic rings. The highest BCUT2D eigenvalue weighted by atomic mass is 19.1. The predicted octanol–water partition coefficient (Wildman–Crippen LogP) is 4.39. The number of hydrogen-bond donors (Lipinski definition) is 1. The van der Waals surface area contributed by atoms with Crippen LogP contribution in [0.4, 0.5) is 10.1 Å². The number of nitrogens with zero attached hydrogens (tertiary/aromatic N) is 1. The Morgan fingerprint density at radius 2 is 1.95 bits per heavy atom. The number of aryl methyl sites for hydroxylation is 2. The van der Waals surface area contributed by atoms with Gasteiger partial charge in [0, 0.05) is 16.8 Å². The summed E-state index contributed by atoms with van der Waals surface area (Å²) in [6.07, 6.45) is 0. The van der Waals surface area contributed by atoms with Crippen LogP contribution in [-0.4, -0.2) is 0 Å². The number of halogens is 1. The minimum Gasteiger partial charge on any atom is -0.466 e. The van der Waals surface area contributed by atoms with Gasteiger partial charge in [0.15, 0.2) is 0 Å². The van der Waals surface area contributed by atoms with Gasteiger partial charge in [-0.1, -0.05) is 0 Å². The lowest BCUT2D eigenvalue weighted by atomic mass is 10.1. The molecule has 3 nitrogen and oxygen atoms in total. The second-order valence-electron chi connectivity index (χ2n) is 4.98. The van der Waals surface area contributed by atoms with Gasteiger partial charge in [-0.3, -0.25) is 0 Å². The van der Waals surface area contributed by atoms with Gasteiger partial charge in [0.25, 0.3) is 0 Å². The zero-order chi connectivity index (χ0) is 14.9. The molecule has 2 rings (SSSR count). The summed E-state index contributed by atoms with van der Waals surface area (Å²) < 4.78 is 19.3. The largest absolute Gasteiger partial charge is 0.466 e. The van der Waals surface area contributed by atoms with Crippen LogP contribution in [0.1, 0.15) is 41.2 Å². The minimum absolute atomic E-state index is 0.0282. The fourth-order valence-electron chi connectivity index (χ4n) is 2.28. The van der Waals surface area contributed by atoms with Crippen molar-refractivity contribution in [3.8, 4) is 6.07 Å². The van der Waals surface area contributed by atoms with Crippen molar-refractivity contribution in [1.82, 2.24) is 0 Å².